The molecule has 0 bridgehead atoms. The van der Waals surface area contributed by atoms with E-state index in [-0.39, 0.29) is 0 Å². The molecule has 2 aromatic heterocycles. The molecule has 2 nitrogen and oxygen atoms in total. The molecule has 0 aliphatic heterocycles. The number of aromatic nitrogens is 2. The van der Waals surface area contributed by atoms with Gasteiger partial charge in [0, 0.05) is 38.3 Å². The summed E-state index contributed by atoms with van der Waals surface area (Å²) in [5.41, 5.74) is 10.0. The highest BCUT2D eigenvalue weighted by Gasteiger charge is 2.16. The molecule has 2 heteroatoms. The molecular weight excluding hydrogens is 436 g/mol. The van der Waals surface area contributed by atoms with Gasteiger partial charge in [0.15, 0.2) is 0 Å². The molecule has 0 saturated heterocycles. The van der Waals surface area contributed by atoms with Crippen molar-refractivity contribution in [2.45, 2.75) is 20.3 Å². The Morgan fingerprint density at radius 2 is 1.22 bits per heavy atom. The zero-order chi connectivity index (χ0) is 24.2. The van der Waals surface area contributed by atoms with Crippen molar-refractivity contribution in [3.63, 3.8) is 0 Å². The van der Waals surface area contributed by atoms with E-state index in [9.17, 15) is 0 Å². The molecule has 0 aliphatic carbocycles. The topological polar surface area (TPSA) is 20.7 Å². The van der Waals surface area contributed by atoms with Crippen LogP contribution in [0.25, 0.3) is 60.4 Å². The number of nitrogens with one attached hydrogen (secondary N) is 1. The van der Waals surface area contributed by atoms with Crippen LogP contribution in [0.1, 0.15) is 19.4 Å². The second-order valence-electron chi connectivity index (χ2n) is 10.2. The van der Waals surface area contributed by atoms with Gasteiger partial charge in [0.2, 0.25) is 0 Å². The first kappa shape index (κ1) is 21.0. The van der Waals surface area contributed by atoms with Crippen molar-refractivity contribution in [1.29, 1.82) is 0 Å². The third-order valence-electron chi connectivity index (χ3n) is 7.37. The summed E-state index contributed by atoms with van der Waals surface area (Å²) < 4.78 is 2.45. The summed E-state index contributed by atoms with van der Waals surface area (Å²) in [4.78, 5) is 3.55. The third-order valence-corrected chi connectivity index (χ3v) is 7.37. The van der Waals surface area contributed by atoms with Gasteiger partial charge in [0.1, 0.15) is 0 Å². The third kappa shape index (κ3) is 3.25. The molecule has 0 amide bonds. The van der Waals surface area contributed by atoms with Crippen LogP contribution in [-0.2, 0) is 6.42 Å². The number of fused-ring (bicyclic) bond motifs is 6. The van der Waals surface area contributed by atoms with Crippen molar-refractivity contribution in [2.24, 2.45) is 5.92 Å². The van der Waals surface area contributed by atoms with Crippen LogP contribution in [0.2, 0.25) is 0 Å². The average molecular weight is 465 g/mol. The van der Waals surface area contributed by atoms with Crippen LogP contribution < -0.4 is 0 Å². The predicted molar refractivity (Wildman–Crippen MR) is 154 cm³/mol. The molecule has 7 rings (SSSR count). The molecule has 0 unspecified atom stereocenters. The van der Waals surface area contributed by atoms with E-state index in [4.69, 9.17) is 0 Å². The first-order valence-electron chi connectivity index (χ1n) is 12.8. The summed E-state index contributed by atoms with van der Waals surface area (Å²) >= 11 is 0. The summed E-state index contributed by atoms with van der Waals surface area (Å²) in [6.45, 7) is 4.58. The van der Waals surface area contributed by atoms with Gasteiger partial charge in [-0.2, -0.15) is 0 Å². The van der Waals surface area contributed by atoms with Crippen LogP contribution in [0.15, 0.2) is 109 Å². The van der Waals surface area contributed by atoms with E-state index in [1.165, 1.54) is 66.0 Å². The van der Waals surface area contributed by atoms with Gasteiger partial charge in [-0.3, -0.25) is 0 Å². The number of para-hydroxylation sites is 3. The molecule has 174 valence electrons. The molecule has 0 atom stereocenters. The van der Waals surface area contributed by atoms with Crippen LogP contribution in [0.5, 0.6) is 0 Å². The number of nitrogens with zero attached hydrogens (tertiary/aromatic N) is 1. The number of hydrogen-bond donors (Lipinski definition) is 1. The van der Waals surface area contributed by atoms with Gasteiger partial charge in [-0.15, -0.1) is 0 Å². The second-order valence-corrected chi connectivity index (χ2v) is 10.2. The van der Waals surface area contributed by atoms with E-state index in [0.717, 1.165) is 6.42 Å². The van der Waals surface area contributed by atoms with Crippen molar-refractivity contribution in [2.75, 3.05) is 0 Å². The van der Waals surface area contributed by atoms with Gasteiger partial charge >= 0.3 is 0 Å². The molecule has 0 fully saturated rings. The number of hydrogen-bond acceptors (Lipinski definition) is 0. The van der Waals surface area contributed by atoms with Crippen LogP contribution in [0.3, 0.4) is 0 Å². The monoisotopic (exact) mass is 464 g/mol. The molecule has 36 heavy (non-hydrogen) atoms. The molecule has 1 N–H and O–H groups in total. The summed E-state index contributed by atoms with van der Waals surface area (Å²) in [5.74, 6) is 0.602. The molecule has 0 aliphatic rings. The highest BCUT2D eigenvalue weighted by molar-refractivity contribution is 6.11. The van der Waals surface area contributed by atoms with Crippen LogP contribution in [0.4, 0.5) is 0 Å². The highest BCUT2D eigenvalue weighted by Crippen LogP contribution is 2.37. The zero-order valence-electron chi connectivity index (χ0n) is 20.6. The number of benzene rings is 5. The smallest absolute Gasteiger partial charge is 0.0541 e. The maximum Gasteiger partial charge on any atom is 0.0541 e. The standard InChI is InChI=1S/C34H28N2/c1-22(2)19-25-9-3-7-13-32(25)36-33-14-8-5-11-27(33)29-21-24(16-18-34(29)36)23-15-17-31-28(20-23)26-10-4-6-12-30(26)35-31/h3-18,20-22,35H,19H2,1-2H3. The minimum atomic E-state index is 0.602. The van der Waals surface area contributed by atoms with Gasteiger partial charge in [0.05, 0.1) is 11.0 Å². The highest BCUT2D eigenvalue weighted by atomic mass is 15.0. The Morgan fingerprint density at radius 3 is 2.08 bits per heavy atom. The fraction of sp³-hybridized carbons (Fsp3) is 0.118. The SMILES string of the molecule is CC(C)Cc1ccccc1-n1c2ccccc2c2cc(-c3ccc4[nH]c5ccccc5c4c3)ccc21. The Bertz CT molecular complexity index is 1900. The number of H-pyrrole nitrogens is 1. The molecule has 2 heterocycles. The van der Waals surface area contributed by atoms with Gasteiger partial charge in [0.25, 0.3) is 0 Å². The van der Waals surface area contributed by atoms with Crippen LogP contribution in [0, 0.1) is 5.92 Å². The Kier molecular flexibility index (Phi) is 4.75. The Balaban J connectivity index is 1.46. The Morgan fingerprint density at radius 1 is 0.583 bits per heavy atom. The van der Waals surface area contributed by atoms with Crippen molar-refractivity contribution >= 4 is 43.6 Å². The minimum Gasteiger partial charge on any atom is -0.355 e. The maximum absolute atomic E-state index is 3.55. The summed E-state index contributed by atoms with van der Waals surface area (Å²) in [5, 5.41) is 5.13. The molecule has 0 spiro atoms. The summed E-state index contributed by atoms with van der Waals surface area (Å²) in [6.07, 6.45) is 1.06. The van der Waals surface area contributed by atoms with E-state index in [0.29, 0.717) is 5.92 Å². The lowest BCUT2D eigenvalue weighted by Crippen LogP contribution is -2.02. The summed E-state index contributed by atoms with van der Waals surface area (Å²) in [6, 6.07) is 39.9. The van der Waals surface area contributed by atoms with Gasteiger partial charge in [-0.25, -0.2) is 0 Å². The van der Waals surface area contributed by atoms with Gasteiger partial charge < -0.3 is 9.55 Å². The maximum atomic E-state index is 3.55. The van der Waals surface area contributed by atoms with Crippen LogP contribution >= 0.6 is 0 Å². The fourth-order valence-corrected chi connectivity index (χ4v) is 5.78. The normalized spacial score (nSPS) is 12.0. The Hall–Kier alpha value is -4.30. The van der Waals surface area contributed by atoms with Crippen LogP contribution in [-0.4, -0.2) is 9.55 Å². The number of rotatable bonds is 4. The van der Waals surface area contributed by atoms with E-state index in [2.05, 4.69) is 133 Å². The number of aromatic amines is 1. The lowest BCUT2D eigenvalue weighted by atomic mass is 10.00. The fourth-order valence-electron chi connectivity index (χ4n) is 5.78. The van der Waals surface area contributed by atoms with E-state index >= 15 is 0 Å². The Labute approximate surface area is 210 Å². The zero-order valence-corrected chi connectivity index (χ0v) is 20.6. The molecule has 7 aromatic rings. The van der Waals surface area contributed by atoms with Crippen molar-refractivity contribution in [1.82, 2.24) is 9.55 Å². The van der Waals surface area contributed by atoms with E-state index in [1.807, 2.05) is 0 Å². The largest absolute Gasteiger partial charge is 0.355 e. The molecule has 0 saturated carbocycles. The van der Waals surface area contributed by atoms with Gasteiger partial charge in [-0.1, -0.05) is 80.6 Å². The van der Waals surface area contributed by atoms with E-state index < -0.39 is 0 Å². The lowest BCUT2D eigenvalue weighted by molar-refractivity contribution is 0.645. The lowest BCUT2D eigenvalue weighted by Gasteiger charge is -2.15. The van der Waals surface area contributed by atoms with Gasteiger partial charge in [-0.05, 0) is 71.5 Å². The second kappa shape index (κ2) is 8.13. The predicted octanol–water partition coefficient (Wildman–Crippen LogP) is 9.28. The first-order valence-corrected chi connectivity index (χ1v) is 12.8. The first-order chi connectivity index (χ1) is 17.7. The quantitative estimate of drug-likeness (QED) is 0.268. The minimum absolute atomic E-state index is 0.602. The molecule has 0 radical (unpaired) electrons. The summed E-state index contributed by atoms with van der Waals surface area (Å²) in [7, 11) is 0. The van der Waals surface area contributed by atoms with E-state index in [1.54, 1.807) is 0 Å². The van der Waals surface area contributed by atoms with Crippen molar-refractivity contribution < 1.29 is 0 Å². The van der Waals surface area contributed by atoms with Crippen molar-refractivity contribution in [3.8, 4) is 16.8 Å². The molecular formula is C34H28N2. The molecule has 5 aromatic carbocycles. The van der Waals surface area contributed by atoms with Crippen molar-refractivity contribution in [3.05, 3.63) is 115 Å². The average Bonchev–Trinajstić information content (AvgIpc) is 3.44.